The van der Waals surface area contributed by atoms with Crippen LogP contribution in [-0.2, 0) is 4.79 Å². The highest BCUT2D eigenvalue weighted by Crippen LogP contribution is 2.38. The summed E-state index contributed by atoms with van der Waals surface area (Å²) in [4.78, 5) is 23.5. The van der Waals surface area contributed by atoms with Crippen LogP contribution in [0.4, 0.5) is 0 Å². The summed E-state index contributed by atoms with van der Waals surface area (Å²) in [6, 6.07) is 3.48. The Morgan fingerprint density at radius 3 is 2.45 bits per heavy atom. The number of hydrogen-bond acceptors (Lipinski definition) is 4. The average Bonchev–Trinajstić information content (AvgIpc) is 2.72. The summed E-state index contributed by atoms with van der Waals surface area (Å²) in [5.74, 6) is -2.29. The predicted molar refractivity (Wildman–Crippen MR) is 70.6 cm³/mol. The lowest BCUT2D eigenvalue weighted by Gasteiger charge is -2.27. The first-order chi connectivity index (χ1) is 9.36. The monoisotopic (exact) mass is 279 g/mol. The molecule has 2 atom stereocenters. The zero-order chi connectivity index (χ0) is 14.9. The molecule has 0 bridgehead atoms. The molecule has 2 unspecified atom stereocenters. The number of hydrogen-bond donors (Lipinski definition) is 4. The minimum atomic E-state index is -1.02. The first-order valence-electron chi connectivity index (χ1n) is 6.41. The molecule has 108 valence electrons. The highest BCUT2D eigenvalue weighted by Gasteiger charge is 2.46. The number of amides is 1. The van der Waals surface area contributed by atoms with Gasteiger partial charge in [-0.2, -0.15) is 0 Å². The van der Waals surface area contributed by atoms with Crippen molar-refractivity contribution >= 4 is 11.9 Å². The first-order valence-corrected chi connectivity index (χ1v) is 6.41. The molecule has 1 aliphatic rings. The molecular weight excluding hydrogens is 262 g/mol. The Morgan fingerprint density at radius 2 is 1.90 bits per heavy atom. The topological polar surface area (TPSA) is 107 Å². The molecule has 6 heteroatoms. The van der Waals surface area contributed by atoms with Crippen molar-refractivity contribution in [2.75, 3.05) is 0 Å². The van der Waals surface area contributed by atoms with Crippen LogP contribution < -0.4 is 5.32 Å². The summed E-state index contributed by atoms with van der Waals surface area (Å²) in [5.41, 5.74) is -1.25. The fourth-order valence-corrected chi connectivity index (χ4v) is 2.64. The Bertz CT molecular complexity index is 536. The van der Waals surface area contributed by atoms with Crippen LogP contribution in [0.2, 0.25) is 0 Å². The van der Waals surface area contributed by atoms with Crippen LogP contribution in [0.25, 0.3) is 0 Å². The minimum Gasteiger partial charge on any atom is -0.507 e. The van der Waals surface area contributed by atoms with E-state index in [1.165, 1.54) is 18.2 Å². The highest BCUT2D eigenvalue weighted by atomic mass is 16.4. The molecule has 6 nitrogen and oxygen atoms in total. The van der Waals surface area contributed by atoms with E-state index in [-0.39, 0.29) is 17.1 Å². The highest BCUT2D eigenvalue weighted by molar-refractivity contribution is 6.00. The van der Waals surface area contributed by atoms with Gasteiger partial charge in [-0.05, 0) is 31.9 Å². The van der Waals surface area contributed by atoms with E-state index in [1.54, 1.807) is 6.92 Å². The quantitative estimate of drug-likeness (QED) is 0.670. The third-order valence-corrected chi connectivity index (χ3v) is 4.00. The predicted octanol–water partition coefficient (Wildman–Crippen LogP) is 1.47. The molecule has 1 saturated carbocycles. The molecule has 0 aliphatic heterocycles. The second-order valence-electron chi connectivity index (χ2n) is 5.31. The molecule has 1 aromatic rings. The van der Waals surface area contributed by atoms with Crippen molar-refractivity contribution in [3.63, 3.8) is 0 Å². The number of carbonyl (C=O) groups excluding carboxylic acids is 1. The van der Waals surface area contributed by atoms with Crippen molar-refractivity contribution in [3.8, 4) is 11.5 Å². The summed E-state index contributed by atoms with van der Waals surface area (Å²) in [6.45, 7) is 1.60. The Balaban J connectivity index is 2.22. The number of carboxylic acids is 1. The van der Waals surface area contributed by atoms with Crippen LogP contribution in [0.15, 0.2) is 18.2 Å². The van der Waals surface area contributed by atoms with Gasteiger partial charge in [-0.1, -0.05) is 12.5 Å². The van der Waals surface area contributed by atoms with Gasteiger partial charge < -0.3 is 20.6 Å². The number of nitrogens with one attached hydrogen (secondary N) is 1. The first kappa shape index (κ1) is 14.2. The van der Waals surface area contributed by atoms with Gasteiger partial charge in [0, 0.05) is 6.04 Å². The van der Waals surface area contributed by atoms with Crippen molar-refractivity contribution in [3.05, 3.63) is 23.8 Å². The smallest absolute Gasteiger partial charge is 0.311 e. The number of rotatable bonds is 3. The van der Waals surface area contributed by atoms with Gasteiger partial charge >= 0.3 is 5.97 Å². The number of aromatic hydroxyl groups is 2. The molecule has 0 radical (unpaired) electrons. The second kappa shape index (κ2) is 5.03. The molecule has 1 aliphatic carbocycles. The summed E-state index contributed by atoms with van der Waals surface area (Å²) in [5, 5.41) is 31.2. The van der Waals surface area contributed by atoms with Crippen LogP contribution in [0.1, 0.15) is 36.5 Å². The van der Waals surface area contributed by atoms with Gasteiger partial charge in [-0.25, -0.2) is 0 Å². The Hall–Kier alpha value is -2.24. The van der Waals surface area contributed by atoms with Gasteiger partial charge in [-0.3, -0.25) is 9.59 Å². The summed E-state index contributed by atoms with van der Waals surface area (Å²) >= 11 is 0. The molecule has 0 spiro atoms. The third-order valence-electron chi connectivity index (χ3n) is 4.00. The average molecular weight is 279 g/mol. The van der Waals surface area contributed by atoms with E-state index in [0.717, 1.165) is 0 Å². The largest absolute Gasteiger partial charge is 0.507 e. The number of carbonyl (C=O) groups is 2. The van der Waals surface area contributed by atoms with Gasteiger partial charge in [0.25, 0.3) is 5.91 Å². The molecule has 0 heterocycles. The summed E-state index contributed by atoms with van der Waals surface area (Å²) in [7, 11) is 0. The lowest BCUT2D eigenvalue weighted by molar-refractivity contribution is -0.148. The zero-order valence-corrected chi connectivity index (χ0v) is 11.1. The van der Waals surface area contributed by atoms with Crippen molar-refractivity contribution in [2.45, 2.75) is 32.2 Å². The van der Waals surface area contributed by atoms with Crippen molar-refractivity contribution < 1.29 is 24.9 Å². The van der Waals surface area contributed by atoms with E-state index < -0.39 is 23.3 Å². The van der Waals surface area contributed by atoms with E-state index in [9.17, 15) is 24.9 Å². The Kier molecular flexibility index (Phi) is 3.57. The number of aliphatic carboxylic acids is 1. The van der Waals surface area contributed by atoms with Gasteiger partial charge in [0.2, 0.25) is 0 Å². The van der Waals surface area contributed by atoms with Crippen LogP contribution in [0, 0.1) is 5.41 Å². The van der Waals surface area contributed by atoms with Crippen LogP contribution >= 0.6 is 0 Å². The maximum absolute atomic E-state index is 12.1. The molecular formula is C14H17NO5. The van der Waals surface area contributed by atoms with Gasteiger partial charge in [0.15, 0.2) is 0 Å². The zero-order valence-electron chi connectivity index (χ0n) is 11.1. The number of benzene rings is 1. The molecule has 2 rings (SSSR count). The number of carboxylic acid groups (broad SMARTS) is 1. The van der Waals surface area contributed by atoms with Crippen LogP contribution in [0.3, 0.4) is 0 Å². The fraction of sp³-hybridized carbons (Fsp3) is 0.429. The molecule has 1 aromatic carbocycles. The molecule has 20 heavy (non-hydrogen) atoms. The van der Waals surface area contributed by atoms with E-state index in [0.29, 0.717) is 19.3 Å². The van der Waals surface area contributed by atoms with Crippen molar-refractivity contribution in [1.29, 1.82) is 0 Å². The van der Waals surface area contributed by atoms with Crippen LogP contribution in [0.5, 0.6) is 11.5 Å². The maximum Gasteiger partial charge on any atom is 0.311 e. The maximum atomic E-state index is 12.1. The Labute approximate surface area is 116 Å². The number of phenols is 2. The summed E-state index contributed by atoms with van der Waals surface area (Å²) in [6.07, 6.45) is 1.75. The van der Waals surface area contributed by atoms with Crippen LogP contribution in [-0.4, -0.2) is 33.2 Å². The number of phenolic OH excluding ortho intramolecular Hbond substituents is 2. The van der Waals surface area contributed by atoms with Crippen molar-refractivity contribution in [2.24, 2.45) is 5.41 Å². The van der Waals surface area contributed by atoms with E-state index >= 15 is 0 Å². The van der Waals surface area contributed by atoms with Gasteiger partial charge in [-0.15, -0.1) is 0 Å². The third kappa shape index (κ3) is 2.29. The van der Waals surface area contributed by atoms with Crippen molar-refractivity contribution in [1.82, 2.24) is 5.32 Å². The molecule has 0 aromatic heterocycles. The lowest BCUT2D eigenvalue weighted by atomic mass is 9.85. The standard InChI is InChI=1S/C14H17NO5/c1-14(13(19)20)7-3-6-10(14)15-12(18)11-8(16)4-2-5-9(11)17/h2,4-5,10,16-17H,3,6-7H2,1H3,(H,15,18)(H,19,20). The molecule has 1 amide bonds. The summed E-state index contributed by atoms with van der Waals surface area (Å²) < 4.78 is 0. The van der Waals surface area contributed by atoms with E-state index in [4.69, 9.17) is 0 Å². The SMILES string of the molecule is CC1(C(=O)O)CCCC1NC(=O)c1c(O)cccc1O. The normalized spacial score (nSPS) is 25.4. The second-order valence-corrected chi connectivity index (χ2v) is 5.31. The van der Waals surface area contributed by atoms with Gasteiger partial charge in [0.05, 0.1) is 5.41 Å². The van der Waals surface area contributed by atoms with E-state index in [1.807, 2.05) is 0 Å². The molecule has 4 N–H and O–H groups in total. The molecule has 1 fully saturated rings. The lowest BCUT2D eigenvalue weighted by Crippen LogP contribution is -2.47. The Morgan fingerprint density at radius 1 is 1.30 bits per heavy atom. The van der Waals surface area contributed by atoms with Gasteiger partial charge in [0.1, 0.15) is 17.1 Å². The van der Waals surface area contributed by atoms with E-state index in [2.05, 4.69) is 5.32 Å². The minimum absolute atomic E-state index is 0.230. The molecule has 0 saturated heterocycles. The fourth-order valence-electron chi connectivity index (χ4n) is 2.64.